The molecule has 6 nitrogen and oxygen atoms in total. The molecule has 0 aromatic heterocycles. The lowest BCUT2D eigenvalue weighted by atomic mass is 9.49. The molecule has 222 valence electrons. The van der Waals surface area contributed by atoms with Crippen LogP contribution in [0.25, 0.3) is 0 Å². The second-order valence-electron chi connectivity index (χ2n) is 14.2. The van der Waals surface area contributed by atoms with Gasteiger partial charge in [-0.15, -0.1) is 0 Å². The van der Waals surface area contributed by atoms with Gasteiger partial charge in [-0.25, -0.2) is 0 Å². The van der Waals surface area contributed by atoms with Gasteiger partial charge in [0.2, 0.25) is 0 Å². The highest BCUT2D eigenvalue weighted by molar-refractivity contribution is 5.46. The van der Waals surface area contributed by atoms with Crippen molar-refractivity contribution in [2.75, 3.05) is 26.4 Å². The van der Waals surface area contributed by atoms with Gasteiger partial charge in [0.25, 0.3) is 0 Å². The van der Waals surface area contributed by atoms with Gasteiger partial charge in [0.15, 0.2) is 12.1 Å². The first-order chi connectivity index (χ1) is 19.8. The SMILES string of the molecule is C=C1CCO[C@]12CC[C@H]1[C@@H]3CC[C@@]4(O)CC5(CCC4=C3[C@@H](c3ccc(OC4CCCCO4)cc3)C[C@@]12C)OCCO5. The Hall–Kier alpha value is -1.70. The molecule has 4 aliphatic carbocycles. The highest BCUT2D eigenvalue weighted by atomic mass is 16.7. The van der Waals surface area contributed by atoms with Crippen LogP contribution in [0.5, 0.6) is 5.75 Å². The third-order valence-corrected chi connectivity index (χ3v) is 12.4. The lowest BCUT2D eigenvalue weighted by Gasteiger charge is -2.58. The summed E-state index contributed by atoms with van der Waals surface area (Å²) in [5.74, 6) is 1.49. The van der Waals surface area contributed by atoms with Crippen LogP contribution in [0.2, 0.25) is 0 Å². The van der Waals surface area contributed by atoms with E-state index >= 15 is 0 Å². The third kappa shape index (κ3) is 4.00. The summed E-state index contributed by atoms with van der Waals surface area (Å²) in [5, 5.41) is 12.3. The number of aliphatic hydroxyl groups is 1. The molecule has 41 heavy (non-hydrogen) atoms. The molecule has 0 amide bonds. The van der Waals surface area contributed by atoms with Crippen molar-refractivity contribution in [1.82, 2.24) is 0 Å². The second-order valence-corrected chi connectivity index (χ2v) is 14.2. The number of hydrogen-bond acceptors (Lipinski definition) is 6. The second kappa shape index (κ2) is 9.65. The van der Waals surface area contributed by atoms with Crippen LogP contribution in [0.3, 0.4) is 0 Å². The summed E-state index contributed by atoms with van der Waals surface area (Å²) in [6, 6.07) is 8.79. The van der Waals surface area contributed by atoms with E-state index in [9.17, 15) is 5.11 Å². The van der Waals surface area contributed by atoms with Crippen molar-refractivity contribution in [1.29, 1.82) is 0 Å². The summed E-state index contributed by atoms with van der Waals surface area (Å²) in [6.45, 7) is 9.90. The van der Waals surface area contributed by atoms with Crippen LogP contribution >= 0.6 is 0 Å². The molecule has 7 atom stereocenters. The topological polar surface area (TPSA) is 66.4 Å². The largest absolute Gasteiger partial charge is 0.465 e. The van der Waals surface area contributed by atoms with Gasteiger partial charge in [-0.1, -0.05) is 31.2 Å². The minimum atomic E-state index is -0.856. The average Bonchev–Trinajstić information content (AvgIpc) is 3.67. The van der Waals surface area contributed by atoms with E-state index in [1.54, 1.807) is 0 Å². The number of benzene rings is 1. The molecule has 3 aliphatic heterocycles. The Labute approximate surface area is 244 Å². The normalized spacial score (nSPS) is 43.3. The Morgan fingerprint density at radius 2 is 1.73 bits per heavy atom. The number of rotatable bonds is 3. The smallest absolute Gasteiger partial charge is 0.199 e. The standard InChI is InChI=1S/C35H46O6/c1-23-13-18-40-35(23)16-12-28-26-10-14-33(36)22-34(38-19-20-39-34)15-11-29(33)31(26)27(21-32(28,35)2)24-6-8-25(9-7-24)41-30-5-3-4-17-37-30/h6-9,26-28,30,36H,1,3-5,10-22H2,2H3/t26-,27+,28-,30?,32-,33+,35+/m0/s1. The van der Waals surface area contributed by atoms with Crippen molar-refractivity contribution in [3.05, 3.63) is 53.1 Å². The van der Waals surface area contributed by atoms with Crippen LogP contribution in [0, 0.1) is 17.3 Å². The van der Waals surface area contributed by atoms with Gasteiger partial charge in [0.05, 0.1) is 37.6 Å². The lowest BCUT2D eigenvalue weighted by molar-refractivity contribution is -0.208. The highest BCUT2D eigenvalue weighted by Gasteiger charge is 2.67. The van der Waals surface area contributed by atoms with E-state index in [0.29, 0.717) is 31.5 Å². The van der Waals surface area contributed by atoms with E-state index < -0.39 is 11.4 Å². The molecule has 1 aromatic rings. The monoisotopic (exact) mass is 562 g/mol. The molecular weight excluding hydrogens is 516 g/mol. The molecule has 1 aromatic carbocycles. The van der Waals surface area contributed by atoms with Crippen LogP contribution < -0.4 is 4.74 Å². The molecule has 0 bridgehead atoms. The van der Waals surface area contributed by atoms with Crippen molar-refractivity contribution in [3.63, 3.8) is 0 Å². The van der Waals surface area contributed by atoms with E-state index in [1.165, 1.54) is 28.7 Å². The van der Waals surface area contributed by atoms with Gasteiger partial charge in [-0.3, -0.25) is 0 Å². The zero-order valence-electron chi connectivity index (χ0n) is 24.6. The number of ether oxygens (including phenoxy) is 5. The molecule has 1 unspecified atom stereocenters. The number of hydrogen-bond donors (Lipinski definition) is 1. The highest BCUT2D eigenvalue weighted by Crippen LogP contribution is 2.70. The van der Waals surface area contributed by atoms with Crippen LogP contribution in [0.15, 0.2) is 47.6 Å². The summed E-state index contributed by atoms with van der Waals surface area (Å²) < 4.78 is 31.0. The Morgan fingerprint density at radius 1 is 0.902 bits per heavy atom. The third-order valence-electron chi connectivity index (χ3n) is 12.4. The molecule has 3 saturated heterocycles. The molecule has 3 saturated carbocycles. The van der Waals surface area contributed by atoms with E-state index in [2.05, 4.69) is 37.8 Å². The molecule has 6 fully saturated rings. The predicted octanol–water partition coefficient (Wildman–Crippen LogP) is 6.58. The van der Waals surface area contributed by atoms with Gasteiger partial charge >= 0.3 is 0 Å². The first-order valence-corrected chi connectivity index (χ1v) is 16.3. The molecule has 2 spiro atoms. The summed E-state index contributed by atoms with van der Waals surface area (Å²) in [6.07, 6.45) is 11.3. The van der Waals surface area contributed by atoms with Crippen molar-refractivity contribution in [2.45, 2.75) is 113 Å². The summed E-state index contributed by atoms with van der Waals surface area (Å²) >= 11 is 0. The van der Waals surface area contributed by atoms with Crippen LogP contribution in [-0.4, -0.2) is 54.8 Å². The summed E-state index contributed by atoms with van der Waals surface area (Å²) in [7, 11) is 0. The van der Waals surface area contributed by atoms with Gasteiger partial charge in [0.1, 0.15) is 5.75 Å². The van der Waals surface area contributed by atoms with Crippen molar-refractivity contribution in [2.24, 2.45) is 17.3 Å². The Bertz CT molecular complexity index is 1230. The van der Waals surface area contributed by atoms with Gasteiger partial charge in [-0.05, 0) is 98.5 Å². The van der Waals surface area contributed by atoms with E-state index in [0.717, 1.165) is 83.2 Å². The molecule has 3 heterocycles. The van der Waals surface area contributed by atoms with Crippen molar-refractivity contribution < 1.29 is 28.8 Å². The van der Waals surface area contributed by atoms with E-state index in [4.69, 9.17) is 23.7 Å². The van der Waals surface area contributed by atoms with Gasteiger partial charge in [-0.2, -0.15) is 0 Å². The Morgan fingerprint density at radius 3 is 2.46 bits per heavy atom. The summed E-state index contributed by atoms with van der Waals surface area (Å²) in [4.78, 5) is 0. The van der Waals surface area contributed by atoms with Crippen molar-refractivity contribution in [3.8, 4) is 5.75 Å². The molecule has 1 N–H and O–H groups in total. The molecule has 0 radical (unpaired) electrons. The first-order valence-electron chi connectivity index (χ1n) is 16.3. The Kier molecular flexibility index (Phi) is 6.33. The minimum absolute atomic E-state index is 0.0219. The fraction of sp³-hybridized carbons (Fsp3) is 0.714. The quantitative estimate of drug-likeness (QED) is 0.420. The van der Waals surface area contributed by atoms with Crippen LogP contribution in [0.4, 0.5) is 0 Å². The zero-order chi connectivity index (χ0) is 27.9. The fourth-order valence-corrected chi connectivity index (χ4v) is 10.5. The Balaban J connectivity index is 1.19. The number of fused-ring (bicyclic) bond motifs is 5. The fourth-order valence-electron chi connectivity index (χ4n) is 10.5. The zero-order valence-corrected chi connectivity index (χ0v) is 24.6. The first kappa shape index (κ1) is 26.9. The molecule has 7 aliphatic rings. The maximum Gasteiger partial charge on any atom is 0.199 e. The molecule has 8 rings (SSSR count). The summed E-state index contributed by atoms with van der Waals surface area (Å²) in [5.41, 5.74) is 4.37. The average molecular weight is 563 g/mol. The van der Waals surface area contributed by atoms with Gasteiger partial charge < -0.3 is 28.8 Å². The molecule has 6 heteroatoms. The van der Waals surface area contributed by atoms with Crippen molar-refractivity contribution >= 4 is 0 Å². The lowest BCUT2D eigenvalue weighted by Crippen LogP contribution is -2.55. The predicted molar refractivity (Wildman–Crippen MR) is 154 cm³/mol. The number of allylic oxidation sites excluding steroid dienone is 1. The van der Waals surface area contributed by atoms with E-state index in [-0.39, 0.29) is 23.2 Å². The van der Waals surface area contributed by atoms with E-state index in [1.807, 2.05) is 0 Å². The maximum absolute atomic E-state index is 12.3. The molecular formula is C35H46O6. The maximum atomic E-state index is 12.3. The van der Waals surface area contributed by atoms with Gasteiger partial charge in [0, 0.05) is 30.6 Å². The minimum Gasteiger partial charge on any atom is -0.465 e. The van der Waals surface area contributed by atoms with Crippen LogP contribution in [-0.2, 0) is 18.9 Å². The van der Waals surface area contributed by atoms with Crippen LogP contribution in [0.1, 0.15) is 95.5 Å².